The molecule has 0 bridgehead atoms. The fourth-order valence-electron chi connectivity index (χ4n) is 2.42. The molecule has 3 aromatic rings. The monoisotopic (exact) mass is 279 g/mol. The van der Waals surface area contributed by atoms with E-state index in [-0.39, 0.29) is 0 Å². The van der Waals surface area contributed by atoms with E-state index in [9.17, 15) is 0 Å². The lowest BCUT2D eigenvalue weighted by molar-refractivity contribution is 0.418. The van der Waals surface area contributed by atoms with Gasteiger partial charge in [0.15, 0.2) is 0 Å². The van der Waals surface area contributed by atoms with Gasteiger partial charge in [0, 0.05) is 29.9 Å². The molecule has 0 aliphatic rings. The Morgan fingerprint density at radius 1 is 1.05 bits per heavy atom. The minimum Gasteiger partial charge on any atom is -0.494 e. The van der Waals surface area contributed by atoms with Gasteiger partial charge in [0.2, 0.25) is 0 Å². The smallest absolute Gasteiger partial charge is 0.145 e. The molecule has 21 heavy (non-hydrogen) atoms. The lowest BCUT2D eigenvalue weighted by Gasteiger charge is -2.09. The molecular weight excluding hydrogens is 262 g/mol. The van der Waals surface area contributed by atoms with Crippen molar-refractivity contribution in [3.05, 3.63) is 59.8 Å². The van der Waals surface area contributed by atoms with Crippen molar-refractivity contribution in [1.82, 2.24) is 15.0 Å². The molecule has 0 amide bonds. The molecule has 106 valence electrons. The molecule has 0 atom stereocenters. The van der Waals surface area contributed by atoms with Crippen molar-refractivity contribution in [1.29, 1.82) is 0 Å². The molecular formula is C17H17N3O. The number of aromatic nitrogens is 3. The highest BCUT2D eigenvalue weighted by atomic mass is 16.5. The van der Waals surface area contributed by atoms with Gasteiger partial charge in [-0.1, -0.05) is 18.2 Å². The molecule has 0 fully saturated rings. The van der Waals surface area contributed by atoms with Gasteiger partial charge in [0.1, 0.15) is 17.1 Å². The molecule has 1 aromatic carbocycles. The zero-order valence-electron chi connectivity index (χ0n) is 12.2. The standard InChI is InChI=1S/C17H17N3O/c1-12-14-6-3-7-15(21-2)17(14)20-16(19-12)9-8-13-5-4-10-18-11-13/h3-7,10-11H,8-9H2,1-2H3. The number of hydrogen-bond donors (Lipinski definition) is 0. The van der Waals surface area contributed by atoms with Crippen molar-refractivity contribution in [2.75, 3.05) is 7.11 Å². The Labute approximate surface area is 123 Å². The van der Waals surface area contributed by atoms with E-state index < -0.39 is 0 Å². The highest BCUT2D eigenvalue weighted by molar-refractivity contribution is 5.86. The summed E-state index contributed by atoms with van der Waals surface area (Å²) < 4.78 is 5.40. The van der Waals surface area contributed by atoms with Crippen LogP contribution in [0.5, 0.6) is 5.75 Å². The minimum absolute atomic E-state index is 0.792. The molecule has 0 N–H and O–H groups in total. The Balaban J connectivity index is 1.92. The summed E-state index contributed by atoms with van der Waals surface area (Å²) in [6.07, 6.45) is 5.34. The summed E-state index contributed by atoms with van der Waals surface area (Å²) in [5.41, 5.74) is 3.06. The lowest BCUT2D eigenvalue weighted by atomic mass is 10.1. The van der Waals surface area contributed by atoms with E-state index in [1.165, 1.54) is 5.56 Å². The van der Waals surface area contributed by atoms with E-state index in [2.05, 4.69) is 21.0 Å². The number of benzene rings is 1. The van der Waals surface area contributed by atoms with E-state index in [0.29, 0.717) is 0 Å². The number of aryl methyl sites for hydroxylation is 3. The highest BCUT2D eigenvalue weighted by Gasteiger charge is 2.09. The number of methoxy groups -OCH3 is 1. The van der Waals surface area contributed by atoms with Gasteiger partial charge in [-0.2, -0.15) is 0 Å². The van der Waals surface area contributed by atoms with Crippen molar-refractivity contribution in [2.24, 2.45) is 0 Å². The van der Waals surface area contributed by atoms with Crippen molar-refractivity contribution < 1.29 is 4.74 Å². The minimum atomic E-state index is 0.792. The van der Waals surface area contributed by atoms with Crippen LogP contribution in [0.15, 0.2) is 42.7 Å². The zero-order chi connectivity index (χ0) is 14.7. The second kappa shape index (κ2) is 5.87. The normalized spacial score (nSPS) is 10.8. The maximum atomic E-state index is 5.40. The Morgan fingerprint density at radius 3 is 2.71 bits per heavy atom. The molecule has 0 saturated carbocycles. The Bertz CT molecular complexity index is 757. The number of para-hydroxylation sites is 1. The van der Waals surface area contributed by atoms with Gasteiger partial charge in [-0.3, -0.25) is 4.98 Å². The van der Waals surface area contributed by atoms with Gasteiger partial charge in [-0.15, -0.1) is 0 Å². The maximum Gasteiger partial charge on any atom is 0.145 e. The largest absolute Gasteiger partial charge is 0.494 e. The molecule has 0 saturated heterocycles. The van der Waals surface area contributed by atoms with E-state index in [0.717, 1.165) is 41.0 Å². The number of pyridine rings is 1. The van der Waals surface area contributed by atoms with Crippen LogP contribution in [0.4, 0.5) is 0 Å². The molecule has 0 aliphatic heterocycles. The van der Waals surface area contributed by atoms with Gasteiger partial charge in [-0.25, -0.2) is 9.97 Å². The molecule has 0 spiro atoms. The van der Waals surface area contributed by atoms with Gasteiger partial charge < -0.3 is 4.74 Å². The fraction of sp³-hybridized carbons (Fsp3) is 0.235. The van der Waals surface area contributed by atoms with Crippen LogP contribution in [0, 0.1) is 6.92 Å². The van der Waals surface area contributed by atoms with Crippen LogP contribution in [0.1, 0.15) is 17.1 Å². The zero-order valence-corrected chi connectivity index (χ0v) is 12.2. The third-order valence-electron chi connectivity index (χ3n) is 3.51. The van der Waals surface area contributed by atoms with Crippen molar-refractivity contribution in [2.45, 2.75) is 19.8 Å². The first-order valence-electron chi connectivity index (χ1n) is 6.97. The van der Waals surface area contributed by atoms with Crippen LogP contribution in [0.25, 0.3) is 10.9 Å². The van der Waals surface area contributed by atoms with Crippen molar-refractivity contribution in [3.63, 3.8) is 0 Å². The van der Waals surface area contributed by atoms with Crippen LogP contribution < -0.4 is 4.74 Å². The van der Waals surface area contributed by atoms with E-state index in [1.807, 2.05) is 37.4 Å². The predicted octanol–water partition coefficient (Wildman–Crippen LogP) is 3.13. The quantitative estimate of drug-likeness (QED) is 0.736. The van der Waals surface area contributed by atoms with Gasteiger partial charge >= 0.3 is 0 Å². The number of hydrogen-bond acceptors (Lipinski definition) is 4. The summed E-state index contributed by atoms with van der Waals surface area (Å²) in [7, 11) is 1.67. The molecule has 3 rings (SSSR count). The molecule has 2 aromatic heterocycles. The van der Waals surface area contributed by atoms with Crippen LogP contribution in [0.3, 0.4) is 0 Å². The summed E-state index contributed by atoms with van der Waals surface area (Å²) in [4.78, 5) is 13.4. The first-order valence-corrected chi connectivity index (χ1v) is 6.97. The van der Waals surface area contributed by atoms with E-state index >= 15 is 0 Å². The second-order valence-electron chi connectivity index (χ2n) is 4.94. The average molecular weight is 279 g/mol. The third kappa shape index (κ3) is 2.84. The number of rotatable bonds is 4. The molecule has 0 aliphatic carbocycles. The van der Waals surface area contributed by atoms with E-state index in [1.54, 1.807) is 13.3 Å². The first-order chi connectivity index (χ1) is 10.3. The lowest BCUT2D eigenvalue weighted by Crippen LogP contribution is -2.02. The fourth-order valence-corrected chi connectivity index (χ4v) is 2.42. The van der Waals surface area contributed by atoms with Gasteiger partial charge in [0.05, 0.1) is 7.11 Å². The van der Waals surface area contributed by atoms with Crippen LogP contribution >= 0.6 is 0 Å². The van der Waals surface area contributed by atoms with Crippen molar-refractivity contribution >= 4 is 10.9 Å². The Hall–Kier alpha value is -2.49. The SMILES string of the molecule is COc1cccc2c(C)nc(CCc3cccnc3)nc12. The number of fused-ring (bicyclic) bond motifs is 1. The summed E-state index contributed by atoms with van der Waals surface area (Å²) in [6, 6.07) is 9.94. The number of ether oxygens (including phenoxy) is 1. The molecule has 4 nitrogen and oxygen atoms in total. The van der Waals surface area contributed by atoms with Gasteiger partial charge in [0.25, 0.3) is 0 Å². The van der Waals surface area contributed by atoms with Crippen LogP contribution in [0.2, 0.25) is 0 Å². The summed E-state index contributed by atoms with van der Waals surface area (Å²) in [6.45, 7) is 2.01. The topological polar surface area (TPSA) is 47.9 Å². The first kappa shape index (κ1) is 13.5. The summed E-state index contributed by atoms with van der Waals surface area (Å²) in [5.74, 6) is 1.63. The summed E-state index contributed by atoms with van der Waals surface area (Å²) >= 11 is 0. The van der Waals surface area contributed by atoms with Crippen molar-refractivity contribution in [3.8, 4) is 5.75 Å². The molecule has 0 unspecified atom stereocenters. The molecule has 4 heteroatoms. The Kier molecular flexibility index (Phi) is 3.77. The van der Waals surface area contributed by atoms with Crippen LogP contribution in [-0.2, 0) is 12.8 Å². The second-order valence-corrected chi connectivity index (χ2v) is 4.94. The maximum absolute atomic E-state index is 5.40. The van der Waals surface area contributed by atoms with Gasteiger partial charge in [-0.05, 0) is 31.0 Å². The average Bonchev–Trinajstić information content (AvgIpc) is 2.53. The predicted molar refractivity (Wildman–Crippen MR) is 82.5 cm³/mol. The number of nitrogens with zero attached hydrogens (tertiary/aromatic N) is 3. The molecule has 0 radical (unpaired) electrons. The molecule has 2 heterocycles. The summed E-state index contributed by atoms with van der Waals surface area (Å²) in [5, 5.41) is 1.04. The third-order valence-corrected chi connectivity index (χ3v) is 3.51. The highest BCUT2D eigenvalue weighted by Crippen LogP contribution is 2.25. The van der Waals surface area contributed by atoms with Crippen LogP contribution in [-0.4, -0.2) is 22.1 Å². The van der Waals surface area contributed by atoms with E-state index in [4.69, 9.17) is 4.74 Å². The Morgan fingerprint density at radius 2 is 1.95 bits per heavy atom.